The summed E-state index contributed by atoms with van der Waals surface area (Å²) in [5.41, 5.74) is 6.67. The van der Waals surface area contributed by atoms with Gasteiger partial charge in [0.25, 0.3) is 0 Å². The van der Waals surface area contributed by atoms with E-state index in [9.17, 15) is 14.2 Å². The number of piperidine rings is 1. The smallest absolute Gasteiger partial charge is 0.327 e. The minimum absolute atomic E-state index is 0.0796. The molecule has 19 nitrogen and oxygen atoms in total. The van der Waals surface area contributed by atoms with Crippen LogP contribution in [0.2, 0.25) is 0 Å². The fourth-order valence-corrected chi connectivity index (χ4v) is 7.47. The molecule has 20 heteroatoms. The number of rotatable bonds is 24. The lowest BCUT2D eigenvalue weighted by atomic mass is 9.95. The molecule has 2 amide bonds. The molecule has 0 spiro atoms. The first-order valence-corrected chi connectivity index (χ1v) is 22.0. The zero-order valence-electron chi connectivity index (χ0n) is 32.4. The first-order valence-electron chi connectivity index (χ1n) is 20.2. The van der Waals surface area contributed by atoms with E-state index in [1.54, 1.807) is 0 Å². The van der Waals surface area contributed by atoms with Gasteiger partial charge in [-0.2, -0.15) is 4.98 Å². The number of hydrogen-bond donors (Lipinski definition) is 9. The number of carbonyl (C=O) groups excluding carboxylic acids is 2. The van der Waals surface area contributed by atoms with Crippen LogP contribution in [-0.2, 0) is 27.2 Å². The Morgan fingerprint density at radius 1 is 0.911 bits per heavy atom. The third kappa shape index (κ3) is 15.2. The topological polar surface area (TPSA) is 262 Å². The highest BCUT2D eigenvalue weighted by Gasteiger charge is 2.22. The zero-order chi connectivity index (χ0) is 39.6. The van der Waals surface area contributed by atoms with Gasteiger partial charge in [-0.05, 0) is 87.1 Å². The Balaban J connectivity index is 0.985. The fraction of sp³-hybridized carbons (Fsp3) is 0.694. The van der Waals surface area contributed by atoms with Crippen LogP contribution in [0.4, 0.5) is 11.8 Å². The van der Waals surface area contributed by atoms with Crippen molar-refractivity contribution in [2.75, 3.05) is 69.2 Å². The van der Waals surface area contributed by atoms with Gasteiger partial charge in [0.1, 0.15) is 5.82 Å². The molecule has 3 aromatic rings. The summed E-state index contributed by atoms with van der Waals surface area (Å²) >= 11 is 0. The standard InChI is InChI=1S/C36H61N14O5P/c37-30(35(52)41-20-25-56(53,54)55)12-13-33(51)40-19-24-49-22-14-28(15-23-49)43-34-29-10-4-5-11-31(29)44-36(45-34)42-26-32-46-47-48-50(32)21-7-17-38-16-6-18-39-27-8-2-1-3-9-27/h4-5,10-11,27-28,30,38-39H,1-3,6-9,12-26,37H2,(H,40,51)(H,41,52)(H2,53,54,55)(H2,42,43,44,45)/t30-/m0/s1. The number of aryl methyl sites for hydroxylation is 1. The average Bonchev–Trinajstić information content (AvgIpc) is 3.64. The number of para-hydroxylation sites is 1. The van der Waals surface area contributed by atoms with Gasteiger partial charge in [-0.1, -0.05) is 31.4 Å². The second-order valence-corrected chi connectivity index (χ2v) is 16.5. The van der Waals surface area contributed by atoms with Crippen LogP contribution in [0.3, 0.4) is 0 Å². The predicted octanol–water partition coefficient (Wildman–Crippen LogP) is 0.914. The molecular formula is C36H61N14O5P. The lowest BCUT2D eigenvalue weighted by molar-refractivity contribution is -0.123. The highest BCUT2D eigenvalue weighted by Crippen LogP contribution is 2.32. The van der Waals surface area contributed by atoms with Gasteiger partial charge in [0.15, 0.2) is 5.82 Å². The molecule has 0 unspecified atom stereocenters. The maximum absolute atomic E-state index is 12.3. The molecule has 1 atom stereocenters. The highest BCUT2D eigenvalue weighted by molar-refractivity contribution is 7.51. The van der Waals surface area contributed by atoms with E-state index in [1.165, 1.54) is 32.1 Å². The van der Waals surface area contributed by atoms with E-state index in [2.05, 4.69) is 52.3 Å². The third-order valence-electron chi connectivity index (χ3n) is 10.3. The lowest BCUT2D eigenvalue weighted by Crippen LogP contribution is -2.43. The molecule has 3 heterocycles. The van der Waals surface area contributed by atoms with E-state index in [-0.39, 0.29) is 31.3 Å². The Labute approximate surface area is 328 Å². The lowest BCUT2D eigenvalue weighted by Gasteiger charge is -2.32. The number of nitrogens with one attached hydrogen (secondary N) is 6. The van der Waals surface area contributed by atoms with Crippen LogP contribution in [0.5, 0.6) is 0 Å². The Hall–Kier alpha value is -3.84. The second kappa shape index (κ2) is 22.8. The van der Waals surface area contributed by atoms with Crippen molar-refractivity contribution in [1.82, 2.24) is 56.3 Å². The number of fused-ring (bicyclic) bond motifs is 1. The van der Waals surface area contributed by atoms with Gasteiger partial charge in [-0.25, -0.2) is 9.67 Å². The molecule has 2 aromatic heterocycles. The third-order valence-corrected chi connectivity index (χ3v) is 11.1. The fourth-order valence-electron chi connectivity index (χ4n) is 7.06. The van der Waals surface area contributed by atoms with Gasteiger partial charge >= 0.3 is 7.60 Å². The van der Waals surface area contributed by atoms with Crippen molar-refractivity contribution >= 4 is 42.1 Å². The van der Waals surface area contributed by atoms with Crippen molar-refractivity contribution in [3.05, 3.63) is 30.1 Å². The minimum atomic E-state index is -4.20. The number of nitrogens with two attached hydrogens (primary N) is 1. The van der Waals surface area contributed by atoms with Gasteiger partial charge in [0, 0.05) is 63.2 Å². The molecule has 0 radical (unpaired) electrons. The molecule has 2 aliphatic rings. The second-order valence-electron chi connectivity index (χ2n) is 14.8. The molecule has 2 fully saturated rings. The molecule has 1 saturated heterocycles. The summed E-state index contributed by atoms with van der Waals surface area (Å²) in [6.45, 7) is 6.80. The van der Waals surface area contributed by atoms with Crippen LogP contribution in [-0.4, -0.2) is 133 Å². The van der Waals surface area contributed by atoms with Gasteiger partial charge in [0.2, 0.25) is 17.8 Å². The molecule has 310 valence electrons. The maximum atomic E-state index is 12.3. The van der Waals surface area contributed by atoms with Gasteiger partial charge in [-0.15, -0.1) is 5.10 Å². The van der Waals surface area contributed by atoms with Crippen molar-refractivity contribution in [1.29, 1.82) is 0 Å². The van der Waals surface area contributed by atoms with E-state index in [0.29, 0.717) is 31.6 Å². The number of carbonyl (C=O) groups is 2. The number of anilines is 2. The molecule has 1 aliphatic heterocycles. The van der Waals surface area contributed by atoms with Crippen LogP contribution in [0.1, 0.15) is 76.5 Å². The largest absolute Gasteiger partial charge is 0.367 e. The van der Waals surface area contributed by atoms with Crippen molar-refractivity contribution in [2.24, 2.45) is 5.73 Å². The minimum Gasteiger partial charge on any atom is -0.367 e. The number of hydrogen-bond acceptors (Lipinski definition) is 14. The van der Waals surface area contributed by atoms with Crippen molar-refractivity contribution < 1.29 is 23.9 Å². The summed E-state index contributed by atoms with van der Waals surface area (Å²) in [5.74, 6) is 1.26. The quantitative estimate of drug-likeness (QED) is 0.0451. The molecule has 5 rings (SSSR count). The van der Waals surface area contributed by atoms with E-state index in [0.717, 1.165) is 87.5 Å². The van der Waals surface area contributed by atoms with Gasteiger partial charge in [-0.3, -0.25) is 14.2 Å². The van der Waals surface area contributed by atoms with E-state index in [1.807, 2.05) is 28.9 Å². The Bertz CT molecular complexity index is 1700. The van der Waals surface area contributed by atoms with Crippen LogP contribution in [0.25, 0.3) is 10.9 Å². The summed E-state index contributed by atoms with van der Waals surface area (Å²) < 4.78 is 12.8. The predicted molar refractivity (Wildman–Crippen MR) is 215 cm³/mol. The summed E-state index contributed by atoms with van der Waals surface area (Å²) in [7, 11) is -4.20. The summed E-state index contributed by atoms with van der Waals surface area (Å²) in [6.07, 6.45) is 10.3. The first kappa shape index (κ1) is 43.3. The maximum Gasteiger partial charge on any atom is 0.327 e. The SMILES string of the molecule is N[C@@H](CCC(=O)NCCN1CCC(Nc2nc(NCc3nnnn3CCCNCCCNC3CCCCC3)nc3ccccc23)CC1)C(=O)NCCP(=O)(O)O. The highest BCUT2D eigenvalue weighted by atomic mass is 31.2. The molecule has 1 aliphatic carbocycles. The molecule has 56 heavy (non-hydrogen) atoms. The van der Waals surface area contributed by atoms with E-state index >= 15 is 0 Å². The van der Waals surface area contributed by atoms with Crippen molar-refractivity contribution in [3.63, 3.8) is 0 Å². The van der Waals surface area contributed by atoms with Crippen LogP contribution in [0, 0.1) is 0 Å². The number of likely N-dealkylation sites (tertiary alicyclic amines) is 1. The summed E-state index contributed by atoms with van der Waals surface area (Å²) in [4.78, 5) is 54.1. The summed E-state index contributed by atoms with van der Waals surface area (Å²) in [6, 6.07) is 7.94. The van der Waals surface area contributed by atoms with Gasteiger partial charge in [0.05, 0.1) is 24.3 Å². The van der Waals surface area contributed by atoms with Crippen LogP contribution < -0.4 is 37.6 Å². The summed E-state index contributed by atoms with van der Waals surface area (Å²) in [5, 5.41) is 32.8. The number of tetrazole rings is 1. The monoisotopic (exact) mass is 800 g/mol. The molecular weight excluding hydrogens is 739 g/mol. The first-order chi connectivity index (χ1) is 27.1. The molecule has 1 saturated carbocycles. The Kier molecular flexibility index (Phi) is 17.6. The number of aromatic nitrogens is 6. The zero-order valence-corrected chi connectivity index (χ0v) is 33.3. The Morgan fingerprint density at radius 3 is 2.50 bits per heavy atom. The normalized spacial score (nSPS) is 16.5. The van der Waals surface area contributed by atoms with Crippen LogP contribution >= 0.6 is 7.60 Å². The molecule has 0 bridgehead atoms. The van der Waals surface area contributed by atoms with Gasteiger partial charge < -0.3 is 52.3 Å². The number of benzene rings is 1. The average molecular weight is 801 g/mol. The van der Waals surface area contributed by atoms with E-state index < -0.39 is 25.7 Å². The number of amides is 2. The number of nitrogens with zero attached hydrogens (tertiary/aromatic N) is 7. The molecule has 1 aromatic carbocycles. The van der Waals surface area contributed by atoms with E-state index in [4.69, 9.17) is 25.5 Å². The molecule has 10 N–H and O–H groups in total. The van der Waals surface area contributed by atoms with Crippen molar-refractivity contribution in [3.8, 4) is 0 Å². The Morgan fingerprint density at radius 2 is 1.70 bits per heavy atom. The van der Waals surface area contributed by atoms with Crippen LogP contribution in [0.15, 0.2) is 24.3 Å². The van der Waals surface area contributed by atoms with Crippen molar-refractivity contribution in [2.45, 2.75) is 102 Å².